The molecule has 0 aliphatic carbocycles. The molecular weight excluding hydrogens is 332 g/mol. The Hall–Kier alpha value is -3.15. The number of rotatable bonds is 7. The van der Waals surface area contributed by atoms with E-state index in [1.54, 1.807) is 24.3 Å². The van der Waals surface area contributed by atoms with E-state index in [1.165, 1.54) is 6.92 Å². The Morgan fingerprint density at radius 2 is 1.69 bits per heavy atom. The van der Waals surface area contributed by atoms with E-state index in [2.05, 4.69) is 10.6 Å². The van der Waals surface area contributed by atoms with Crippen LogP contribution >= 0.6 is 0 Å². The van der Waals surface area contributed by atoms with Crippen molar-refractivity contribution in [2.45, 2.75) is 32.7 Å². The first kappa shape index (κ1) is 19.2. The lowest BCUT2D eigenvalue weighted by atomic mass is 10.0. The summed E-state index contributed by atoms with van der Waals surface area (Å²) in [5.74, 6) is -1.50. The molecule has 26 heavy (non-hydrogen) atoms. The van der Waals surface area contributed by atoms with Gasteiger partial charge in [0.05, 0.1) is 18.9 Å². The third-order valence-electron chi connectivity index (χ3n) is 3.88. The van der Waals surface area contributed by atoms with Crippen LogP contribution in [0.1, 0.15) is 36.1 Å². The van der Waals surface area contributed by atoms with E-state index in [9.17, 15) is 14.4 Å². The molecule has 6 heteroatoms. The smallest absolute Gasteiger partial charge is 0.307 e. The number of aliphatic carboxylic acids is 1. The maximum Gasteiger partial charge on any atom is 0.307 e. The number of hydrogen-bond acceptors (Lipinski definition) is 3. The molecule has 0 heterocycles. The molecule has 2 rings (SSSR count). The van der Waals surface area contributed by atoms with Gasteiger partial charge in [0.25, 0.3) is 0 Å². The minimum absolute atomic E-state index is 0.0457. The summed E-state index contributed by atoms with van der Waals surface area (Å²) in [6.45, 7) is 3.37. The number of carbonyl (C=O) groups is 3. The second-order valence-electron chi connectivity index (χ2n) is 6.14. The zero-order valence-electron chi connectivity index (χ0n) is 14.8. The maximum absolute atomic E-state index is 12.5. The summed E-state index contributed by atoms with van der Waals surface area (Å²) in [6.07, 6.45) is -0.131. The third-order valence-corrected chi connectivity index (χ3v) is 3.88. The first-order valence-electron chi connectivity index (χ1n) is 8.28. The summed E-state index contributed by atoms with van der Waals surface area (Å²) >= 11 is 0. The average molecular weight is 354 g/mol. The van der Waals surface area contributed by atoms with Crippen LogP contribution in [0.15, 0.2) is 48.5 Å². The molecule has 0 fully saturated rings. The van der Waals surface area contributed by atoms with E-state index in [1.807, 2.05) is 31.2 Å². The van der Waals surface area contributed by atoms with Crippen molar-refractivity contribution >= 4 is 23.5 Å². The Morgan fingerprint density at radius 3 is 2.31 bits per heavy atom. The Morgan fingerprint density at radius 1 is 1.04 bits per heavy atom. The Kier molecular flexibility index (Phi) is 6.49. The van der Waals surface area contributed by atoms with Gasteiger partial charge in [-0.15, -0.1) is 0 Å². The SMILES string of the molecule is CC(=O)NC(CC(=O)Nc1ccccc1CC(=O)O)c1ccc(C)cc1. The highest BCUT2D eigenvalue weighted by molar-refractivity contribution is 5.93. The number of anilines is 1. The van der Waals surface area contributed by atoms with Crippen molar-refractivity contribution in [3.8, 4) is 0 Å². The molecule has 2 aromatic rings. The van der Waals surface area contributed by atoms with Crippen molar-refractivity contribution in [3.63, 3.8) is 0 Å². The number of carbonyl (C=O) groups excluding carboxylic acids is 2. The lowest BCUT2D eigenvalue weighted by Gasteiger charge is -2.19. The van der Waals surface area contributed by atoms with Crippen LogP contribution in [0.4, 0.5) is 5.69 Å². The van der Waals surface area contributed by atoms with Crippen LogP contribution in [0.25, 0.3) is 0 Å². The molecule has 0 aliphatic heterocycles. The number of amides is 2. The van der Waals surface area contributed by atoms with Crippen LogP contribution < -0.4 is 10.6 Å². The highest BCUT2D eigenvalue weighted by atomic mass is 16.4. The molecule has 2 aromatic carbocycles. The standard InChI is InChI=1S/C20H22N2O4/c1-13-7-9-15(10-8-13)18(21-14(2)23)12-19(24)22-17-6-4-3-5-16(17)11-20(25)26/h3-10,18H,11-12H2,1-2H3,(H,21,23)(H,22,24)(H,25,26). The van der Waals surface area contributed by atoms with Gasteiger partial charge in [-0.1, -0.05) is 48.0 Å². The van der Waals surface area contributed by atoms with Gasteiger partial charge in [0.15, 0.2) is 0 Å². The number of nitrogens with one attached hydrogen (secondary N) is 2. The molecule has 0 saturated carbocycles. The molecule has 136 valence electrons. The van der Waals surface area contributed by atoms with Crippen LogP contribution in [0, 0.1) is 6.92 Å². The zero-order chi connectivity index (χ0) is 19.1. The maximum atomic E-state index is 12.5. The number of hydrogen-bond donors (Lipinski definition) is 3. The second-order valence-corrected chi connectivity index (χ2v) is 6.14. The predicted molar refractivity (Wildman–Crippen MR) is 98.8 cm³/mol. The monoisotopic (exact) mass is 354 g/mol. The van der Waals surface area contributed by atoms with Crippen molar-refractivity contribution in [2.75, 3.05) is 5.32 Å². The van der Waals surface area contributed by atoms with Crippen LogP contribution in [-0.2, 0) is 20.8 Å². The van der Waals surface area contributed by atoms with Crippen LogP contribution in [-0.4, -0.2) is 22.9 Å². The van der Waals surface area contributed by atoms with Crippen molar-refractivity contribution in [1.29, 1.82) is 0 Å². The lowest BCUT2D eigenvalue weighted by Crippen LogP contribution is -2.30. The fourth-order valence-corrected chi connectivity index (χ4v) is 2.64. The minimum atomic E-state index is -0.970. The highest BCUT2D eigenvalue weighted by Crippen LogP contribution is 2.20. The number of aryl methyl sites for hydroxylation is 1. The van der Waals surface area contributed by atoms with Gasteiger partial charge in [-0.2, -0.15) is 0 Å². The number of carboxylic acid groups (broad SMARTS) is 1. The van der Waals surface area contributed by atoms with Crippen LogP contribution in [0.3, 0.4) is 0 Å². The second kappa shape index (κ2) is 8.80. The molecule has 1 unspecified atom stereocenters. The Labute approximate surface area is 152 Å². The molecule has 2 amide bonds. The van der Waals surface area contributed by atoms with Gasteiger partial charge in [0.1, 0.15) is 0 Å². The zero-order valence-corrected chi connectivity index (χ0v) is 14.8. The average Bonchev–Trinajstić information content (AvgIpc) is 2.56. The van der Waals surface area contributed by atoms with Gasteiger partial charge >= 0.3 is 5.97 Å². The van der Waals surface area contributed by atoms with Gasteiger partial charge in [-0.3, -0.25) is 14.4 Å². The van der Waals surface area contributed by atoms with Crippen molar-refractivity contribution in [3.05, 3.63) is 65.2 Å². The van der Waals surface area contributed by atoms with Crippen LogP contribution in [0.2, 0.25) is 0 Å². The molecule has 0 spiro atoms. The first-order valence-corrected chi connectivity index (χ1v) is 8.28. The molecular formula is C20H22N2O4. The summed E-state index contributed by atoms with van der Waals surface area (Å²) in [5, 5.41) is 14.5. The molecule has 0 radical (unpaired) electrons. The summed E-state index contributed by atoms with van der Waals surface area (Å²) in [5.41, 5.74) is 2.91. The molecule has 3 N–H and O–H groups in total. The van der Waals surface area contributed by atoms with E-state index in [0.717, 1.165) is 11.1 Å². The topological polar surface area (TPSA) is 95.5 Å². The largest absolute Gasteiger partial charge is 0.481 e. The van der Waals surface area contributed by atoms with E-state index in [4.69, 9.17) is 5.11 Å². The summed E-state index contributed by atoms with van der Waals surface area (Å²) < 4.78 is 0. The molecule has 1 atom stereocenters. The van der Waals surface area contributed by atoms with E-state index >= 15 is 0 Å². The van der Waals surface area contributed by atoms with Crippen LogP contribution in [0.5, 0.6) is 0 Å². The number of carboxylic acids is 1. The third kappa shape index (κ3) is 5.73. The fourth-order valence-electron chi connectivity index (χ4n) is 2.64. The lowest BCUT2D eigenvalue weighted by molar-refractivity contribution is -0.136. The normalized spacial score (nSPS) is 11.5. The van der Waals surface area contributed by atoms with Gasteiger partial charge < -0.3 is 15.7 Å². The summed E-state index contributed by atoms with van der Waals surface area (Å²) in [6, 6.07) is 13.9. The van der Waals surface area contributed by atoms with Gasteiger partial charge in [-0.25, -0.2) is 0 Å². The fraction of sp³-hybridized carbons (Fsp3) is 0.250. The summed E-state index contributed by atoms with van der Waals surface area (Å²) in [4.78, 5) is 34.9. The van der Waals surface area contributed by atoms with E-state index < -0.39 is 12.0 Å². The van der Waals surface area contributed by atoms with Gasteiger partial charge in [0, 0.05) is 12.6 Å². The predicted octanol–water partition coefficient (Wildman–Crippen LogP) is 2.83. The minimum Gasteiger partial charge on any atom is -0.481 e. The summed E-state index contributed by atoms with van der Waals surface area (Å²) in [7, 11) is 0. The highest BCUT2D eigenvalue weighted by Gasteiger charge is 2.18. The van der Waals surface area contributed by atoms with E-state index in [-0.39, 0.29) is 24.7 Å². The molecule has 0 aromatic heterocycles. The molecule has 0 aliphatic rings. The quantitative estimate of drug-likeness (QED) is 0.712. The van der Waals surface area contributed by atoms with Crippen molar-refractivity contribution in [2.24, 2.45) is 0 Å². The first-order chi connectivity index (χ1) is 12.3. The Balaban J connectivity index is 2.13. The molecule has 0 saturated heterocycles. The number of benzene rings is 2. The van der Waals surface area contributed by atoms with Crippen molar-refractivity contribution < 1.29 is 19.5 Å². The number of para-hydroxylation sites is 1. The van der Waals surface area contributed by atoms with Gasteiger partial charge in [-0.05, 0) is 24.1 Å². The van der Waals surface area contributed by atoms with E-state index in [0.29, 0.717) is 11.3 Å². The van der Waals surface area contributed by atoms with Gasteiger partial charge in [0.2, 0.25) is 11.8 Å². The molecule has 6 nitrogen and oxygen atoms in total. The van der Waals surface area contributed by atoms with Crippen molar-refractivity contribution in [1.82, 2.24) is 5.32 Å². The molecule has 0 bridgehead atoms. The Bertz CT molecular complexity index is 800.